The summed E-state index contributed by atoms with van der Waals surface area (Å²) in [5.41, 5.74) is 10.3. The van der Waals surface area contributed by atoms with Crippen LogP contribution >= 0.6 is 0 Å². The maximum Gasteiger partial charge on any atom is 0.433 e. The van der Waals surface area contributed by atoms with E-state index in [2.05, 4.69) is 9.88 Å². The van der Waals surface area contributed by atoms with Gasteiger partial charge in [-0.3, -0.25) is 19.5 Å². The minimum Gasteiger partial charge on any atom is -0.366 e. The van der Waals surface area contributed by atoms with Gasteiger partial charge in [-0.05, 0) is 65.4 Å². The number of piperidine rings is 1. The third kappa shape index (κ3) is 6.28. The highest BCUT2D eigenvalue weighted by atomic mass is 19.4. The van der Waals surface area contributed by atoms with Crippen molar-refractivity contribution in [3.05, 3.63) is 106 Å². The monoisotopic (exact) mass is 522 g/mol. The molecule has 198 valence electrons. The number of carbonyl (C=O) groups is 2. The molecule has 2 heterocycles. The van der Waals surface area contributed by atoms with Gasteiger partial charge in [0.2, 0.25) is 5.91 Å². The first-order chi connectivity index (χ1) is 18.0. The first-order valence-electron chi connectivity index (χ1n) is 12.2. The molecule has 0 spiro atoms. The van der Waals surface area contributed by atoms with Gasteiger partial charge in [0.25, 0.3) is 5.91 Å². The quantitative estimate of drug-likeness (QED) is 0.494. The van der Waals surface area contributed by atoms with Crippen LogP contribution in [0.25, 0.3) is 5.57 Å². The summed E-state index contributed by atoms with van der Waals surface area (Å²) in [6.45, 7) is 1.94. The number of aromatic nitrogens is 1. The Morgan fingerprint density at radius 1 is 0.921 bits per heavy atom. The van der Waals surface area contributed by atoms with E-state index in [1.54, 1.807) is 44.4 Å². The van der Waals surface area contributed by atoms with E-state index in [-0.39, 0.29) is 5.91 Å². The Labute approximate surface area is 219 Å². The molecule has 1 aliphatic heterocycles. The lowest BCUT2D eigenvalue weighted by molar-refractivity contribution is -0.141. The third-order valence-electron chi connectivity index (χ3n) is 6.60. The lowest BCUT2D eigenvalue weighted by Crippen LogP contribution is -2.30. The highest BCUT2D eigenvalue weighted by Gasteiger charge is 2.32. The number of benzene rings is 2. The average molecular weight is 523 g/mol. The molecule has 3 aromatic rings. The molecule has 1 saturated heterocycles. The van der Waals surface area contributed by atoms with Gasteiger partial charge < -0.3 is 10.6 Å². The van der Waals surface area contributed by atoms with Crippen molar-refractivity contribution in [3.8, 4) is 0 Å². The van der Waals surface area contributed by atoms with E-state index < -0.39 is 17.8 Å². The molecule has 1 aromatic heterocycles. The molecule has 38 heavy (non-hydrogen) atoms. The Morgan fingerprint density at radius 3 is 2.11 bits per heavy atom. The summed E-state index contributed by atoms with van der Waals surface area (Å²) in [5.74, 6) is -0.601. The molecule has 0 bridgehead atoms. The number of nitrogens with two attached hydrogens (primary N) is 1. The normalized spacial score (nSPS) is 14.3. The Hall–Kier alpha value is -3.98. The molecule has 4 rings (SSSR count). The minimum atomic E-state index is -4.45. The number of halogens is 3. The van der Waals surface area contributed by atoms with Crippen LogP contribution in [0.2, 0.25) is 0 Å². The molecule has 0 saturated carbocycles. The first-order valence-corrected chi connectivity index (χ1v) is 12.2. The number of pyridine rings is 1. The number of primary amides is 1. The van der Waals surface area contributed by atoms with Crippen molar-refractivity contribution >= 4 is 17.4 Å². The summed E-state index contributed by atoms with van der Waals surface area (Å²) in [4.78, 5) is 31.5. The van der Waals surface area contributed by atoms with Crippen LogP contribution in [0.15, 0.2) is 72.4 Å². The first kappa shape index (κ1) is 27.1. The van der Waals surface area contributed by atoms with Gasteiger partial charge in [0.05, 0.1) is 0 Å². The Kier molecular flexibility index (Phi) is 7.97. The van der Waals surface area contributed by atoms with Crippen LogP contribution < -0.4 is 5.73 Å². The zero-order valence-corrected chi connectivity index (χ0v) is 21.3. The van der Waals surface area contributed by atoms with Crippen molar-refractivity contribution < 1.29 is 22.8 Å². The van der Waals surface area contributed by atoms with Crippen LogP contribution in [-0.2, 0) is 12.7 Å². The molecule has 2 N–H and O–H groups in total. The maximum atomic E-state index is 12.8. The predicted molar refractivity (Wildman–Crippen MR) is 139 cm³/mol. The van der Waals surface area contributed by atoms with E-state index in [0.717, 1.165) is 41.2 Å². The van der Waals surface area contributed by atoms with Crippen molar-refractivity contribution in [2.45, 2.75) is 25.6 Å². The van der Waals surface area contributed by atoms with Gasteiger partial charge in [-0.15, -0.1) is 0 Å². The van der Waals surface area contributed by atoms with Crippen LogP contribution in [0.3, 0.4) is 0 Å². The van der Waals surface area contributed by atoms with Crippen LogP contribution in [-0.4, -0.2) is 53.8 Å². The van der Waals surface area contributed by atoms with Crippen molar-refractivity contribution in [3.63, 3.8) is 0 Å². The van der Waals surface area contributed by atoms with Crippen LogP contribution in [0, 0.1) is 0 Å². The Morgan fingerprint density at radius 2 is 1.55 bits per heavy atom. The smallest absolute Gasteiger partial charge is 0.366 e. The molecule has 0 atom stereocenters. The van der Waals surface area contributed by atoms with E-state index in [9.17, 15) is 22.8 Å². The van der Waals surface area contributed by atoms with Crippen molar-refractivity contribution in [1.29, 1.82) is 0 Å². The number of nitrogens with zero attached hydrogens (tertiary/aromatic N) is 3. The topological polar surface area (TPSA) is 79.5 Å². The second-order valence-electron chi connectivity index (χ2n) is 9.53. The highest BCUT2D eigenvalue weighted by molar-refractivity contribution is 5.96. The minimum absolute atomic E-state index is 0.0902. The standard InChI is InChI=1S/C29H29F3N4O2/c1-35(2)28(38)22-9-7-20(8-10-22)26(23-4-3-5-24(16-23)27(33)37)21-12-14-36(15-13-21)18-19-6-11-25(34-17-19)29(30,31)32/h3-11,16-17H,12-15,18H2,1-2H3,(H2,33,37). The predicted octanol–water partition coefficient (Wildman–Crippen LogP) is 5.00. The zero-order valence-electron chi connectivity index (χ0n) is 21.3. The summed E-state index contributed by atoms with van der Waals surface area (Å²) in [5, 5.41) is 0. The lowest BCUT2D eigenvalue weighted by atomic mass is 9.87. The largest absolute Gasteiger partial charge is 0.433 e. The fourth-order valence-corrected chi connectivity index (χ4v) is 4.62. The fourth-order valence-electron chi connectivity index (χ4n) is 4.62. The van der Waals surface area contributed by atoms with Crippen LogP contribution in [0.5, 0.6) is 0 Å². The summed E-state index contributed by atoms with van der Waals surface area (Å²) < 4.78 is 38.5. The van der Waals surface area contributed by atoms with Gasteiger partial charge in [-0.2, -0.15) is 13.2 Å². The van der Waals surface area contributed by atoms with Crippen LogP contribution in [0.1, 0.15) is 55.9 Å². The van der Waals surface area contributed by atoms with Crippen molar-refractivity contribution in [1.82, 2.24) is 14.8 Å². The van der Waals surface area contributed by atoms with E-state index in [0.29, 0.717) is 30.8 Å². The SMILES string of the molecule is CN(C)C(=O)c1ccc(C(=C2CCN(Cc3ccc(C(F)(F)F)nc3)CC2)c2cccc(C(N)=O)c2)cc1. The number of carbonyl (C=O) groups excluding carboxylic acids is 2. The zero-order chi connectivity index (χ0) is 27.4. The summed E-state index contributed by atoms with van der Waals surface area (Å²) in [6, 6.07) is 17.1. The van der Waals surface area contributed by atoms with E-state index >= 15 is 0 Å². The molecule has 9 heteroatoms. The van der Waals surface area contributed by atoms with Crippen LogP contribution in [0.4, 0.5) is 13.2 Å². The number of amides is 2. The number of likely N-dealkylation sites (tertiary alicyclic amines) is 1. The molecule has 2 amide bonds. The second kappa shape index (κ2) is 11.2. The summed E-state index contributed by atoms with van der Waals surface area (Å²) in [7, 11) is 3.40. The average Bonchev–Trinajstić information content (AvgIpc) is 2.90. The van der Waals surface area contributed by atoms with E-state index in [1.165, 1.54) is 22.7 Å². The number of hydrogen-bond acceptors (Lipinski definition) is 4. The molecule has 1 aliphatic rings. The van der Waals surface area contributed by atoms with Crippen molar-refractivity contribution in [2.75, 3.05) is 27.2 Å². The van der Waals surface area contributed by atoms with Gasteiger partial charge in [-0.1, -0.05) is 35.9 Å². The Bertz CT molecular complexity index is 1340. The number of hydrogen-bond donors (Lipinski definition) is 1. The number of rotatable bonds is 6. The van der Waals surface area contributed by atoms with Gasteiger partial charge in [0, 0.05) is 51.1 Å². The molecule has 1 fully saturated rings. The van der Waals surface area contributed by atoms with Gasteiger partial charge >= 0.3 is 6.18 Å². The van der Waals surface area contributed by atoms with E-state index in [4.69, 9.17) is 5.73 Å². The lowest BCUT2D eigenvalue weighted by Gasteiger charge is -2.30. The molecule has 0 aliphatic carbocycles. The maximum absolute atomic E-state index is 12.8. The van der Waals surface area contributed by atoms with Gasteiger partial charge in [-0.25, -0.2) is 0 Å². The molecular formula is C29H29F3N4O2. The Balaban J connectivity index is 1.60. The summed E-state index contributed by atoms with van der Waals surface area (Å²) >= 11 is 0. The molecule has 0 unspecified atom stereocenters. The van der Waals surface area contributed by atoms with Gasteiger partial charge in [0.15, 0.2) is 0 Å². The molecular weight excluding hydrogens is 493 g/mol. The van der Waals surface area contributed by atoms with Crippen molar-refractivity contribution in [2.24, 2.45) is 5.73 Å². The molecule has 2 aromatic carbocycles. The summed E-state index contributed by atoms with van der Waals surface area (Å²) in [6.07, 6.45) is -1.69. The molecule has 6 nitrogen and oxygen atoms in total. The van der Waals surface area contributed by atoms with Gasteiger partial charge in [0.1, 0.15) is 5.69 Å². The second-order valence-corrected chi connectivity index (χ2v) is 9.53. The third-order valence-corrected chi connectivity index (χ3v) is 6.60. The molecule has 0 radical (unpaired) electrons. The fraction of sp³-hybridized carbons (Fsp3) is 0.276. The highest BCUT2D eigenvalue weighted by Crippen LogP contribution is 2.34. The van der Waals surface area contributed by atoms with E-state index in [1.807, 2.05) is 18.2 Å². The number of alkyl halides is 3.